The summed E-state index contributed by atoms with van der Waals surface area (Å²) in [5.41, 5.74) is 0.738. The fraction of sp³-hybridized carbons (Fsp3) is 0.300. The number of benzene rings is 2. The Labute approximate surface area is 172 Å². The Morgan fingerprint density at radius 2 is 1.15 bits per heavy atom. The number of unbranched alkanes of at least 4 members (excludes halogenated alkanes) is 1. The summed E-state index contributed by atoms with van der Waals surface area (Å²) in [6, 6.07) is 14.2. The molecule has 2 rings (SSSR count). The molecule has 0 heterocycles. The maximum Gasteiger partial charge on any atom is 0.336 e. The van der Waals surface area contributed by atoms with E-state index < -0.39 is 11.9 Å². The van der Waals surface area contributed by atoms with Crippen LogP contribution in [0, 0.1) is 0 Å². The largest absolute Gasteiger partial charge is 0.478 e. The highest BCUT2D eigenvalue weighted by Gasteiger charge is 2.09. The molecule has 0 aliphatic heterocycles. The molecule has 0 radical (unpaired) electrons. The first-order chi connectivity index (χ1) is 13.1. The lowest BCUT2D eigenvalue weighted by Gasteiger charge is -2.06. The molecule has 0 amide bonds. The highest BCUT2D eigenvalue weighted by atomic mass is 32.2. The van der Waals surface area contributed by atoms with Gasteiger partial charge in [-0.2, -0.15) is 11.8 Å². The number of carboxylic acid groups (broad SMARTS) is 2. The van der Waals surface area contributed by atoms with Crippen molar-refractivity contribution in [3.8, 4) is 0 Å². The van der Waals surface area contributed by atoms with Crippen LogP contribution in [0.3, 0.4) is 0 Å². The first-order valence-electron chi connectivity index (χ1n) is 8.57. The Morgan fingerprint density at radius 3 is 1.70 bits per heavy atom. The van der Waals surface area contributed by atoms with Crippen LogP contribution < -0.4 is 0 Å². The standard InChI is InChI=1S/C20H22O4S3/c21-19(22)15-7-1-3-9-17(15)26-12-6-5-11-25-13-14-27-18-10-4-2-8-16(18)20(23)24/h1-4,7-10H,5-6,11-14H2,(H,21,22)(H,23,24). The van der Waals surface area contributed by atoms with E-state index in [4.69, 9.17) is 10.2 Å². The van der Waals surface area contributed by atoms with Crippen LogP contribution in [0.25, 0.3) is 0 Å². The summed E-state index contributed by atoms with van der Waals surface area (Å²) < 4.78 is 0. The normalized spacial score (nSPS) is 10.7. The summed E-state index contributed by atoms with van der Waals surface area (Å²) in [7, 11) is 0. The van der Waals surface area contributed by atoms with Gasteiger partial charge < -0.3 is 10.2 Å². The van der Waals surface area contributed by atoms with Gasteiger partial charge in [0.2, 0.25) is 0 Å². The first-order valence-corrected chi connectivity index (χ1v) is 11.7. The van der Waals surface area contributed by atoms with Gasteiger partial charge in [0.25, 0.3) is 0 Å². The molecule has 0 saturated carbocycles. The quantitative estimate of drug-likeness (QED) is 0.346. The van der Waals surface area contributed by atoms with Crippen molar-refractivity contribution in [3.05, 3.63) is 59.7 Å². The maximum atomic E-state index is 11.2. The van der Waals surface area contributed by atoms with Crippen molar-refractivity contribution in [1.29, 1.82) is 0 Å². The monoisotopic (exact) mass is 422 g/mol. The summed E-state index contributed by atoms with van der Waals surface area (Å²) in [4.78, 5) is 24.0. The highest BCUT2D eigenvalue weighted by molar-refractivity contribution is 8.03. The Kier molecular flexibility index (Phi) is 9.66. The van der Waals surface area contributed by atoms with Crippen molar-refractivity contribution < 1.29 is 19.8 Å². The number of hydrogen-bond donors (Lipinski definition) is 2. The van der Waals surface area contributed by atoms with Gasteiger partial charge in [-0.25, -0.2) is 9.59 Å². The van der Waals surface area contributed by atoms with Crippen LogP contribution in [0.5, 0.6) is 0 Å². The zero-order valence-corrected chi connectivity index (χ0v) is 17.2. The van der Waals surface area contributed by atoms with Crippen LogP contribution in [0.1, 0.15) is 33.6 Å². The van der Waals surface area contributed by atoms with Crippen LogP contribution in [0.15, 0.2) is 58.3 Å². The molecule has 144 valence electrons. The van der Waals surface area contributed by atoms with Gasteiger partial charge in [-0.3, -0.25) is 0 Å². The third kappa shape index (κ3) is 7.52. The number of carboxylic acids is 2. The SMILES string of the molecule is O=C(O)c1ccccc1SCCCCSCCSc1ccccc1C(=O)O. The lowest BCUT2D eigenvalue weighted by atomic mass is 10.2. The summed E-state index contributed by atoms with van der Waals surface area (Å²) in [5, 5.41) is 18.3. The third-order valence-electron chi connectivity index (χ3n) is 3.66. The van der Waals surface area contributed by atoms with E-state index >= 15 is 0 Å². The number of carbonyl (C=O) groups is 2. The molecule has 0 atom stereocenters. The van der Waals surface area contributed by atoms with E-state index in [-0.39, 0.29) is 0 Å². The number of hydrogen-bond acceptors (Lipinski definition) is 5. The lowest BCUT2D eigenvalue weighted by Crippen LogP contribution is -1.99. The second-order valence-electron chi connectivity index (χ2n) is 5.62. The molecule has 27 heavy (non-hydrogen) atoms. The van der Waals surface area contributed by atoms with E-state index in [1.165, 1.54) is 0 Å². The Bertz CT molecular complexity index is 701. The van der Waals surface area contributed by atoms with Gasteiger partial charge in [0.1, 0.15) is 0 Å². The zero-order valence-electron chi connectivity index (χ0n) is 14.8. The first kappa shape index (κ1) is 21.7. The second kappa shape index (κ2) is 12.0. The van der Waals surface area contributed by atoms with Crippen LogP contribution in [-0.4, -0.2) is 45.2 Å². The maximum absolute atomic E-state index is 11.2. The van der Waals surface area contributed by atoms with Gasteiger partial charge in [0.15, 0.2) is 0 Å². The number of rotatable bonds is 12. The average molecular weight is 423 g/mol. The van der Waals surface area contributed by atoms with Crippen LogP contribution in [0.4, 0.5) is 0 Å². The molecule has 4 nitrogen and oxygen atoms in total. The minimum atomic E-state index is -0.882. The Morgan fingerprint density at radius 1 is 0.667 bits per heavy atom. The van der Waals surface area contributed by atoms with Gasteiger partial charge in [-0.1, -0.05) is 24.3 Å². The van der Waals surface area contributed by atoms with Crippen molar-refractivity contribution in [2.45, 2.75) is 22.6 Å². The van der Waals surface area contributed by atoms with Gasteiger partial charge in [0, 0.05) is 21.3 Å². The van der Waals surface area contributed by atoms with E-state index in [9.17, 15) is 9.59 Å². The van der Waals surface area contributed by atoms with Gasteiger partial charge in [0.05, 0.1) is 11.1 Å². The fourth-order valence-electron chi connectivity index (χ4n) is 2.34. The zero-order chi connectivity index (χ0) is 19.5. The van der Waals surface area contributed by atoms with Crippen molar-refractivity contribution >= 4 is 47.2 Å². The van der Waals surface area contributed by atoms with Crippen LogP contribution in [0.2, 0.25) is 0 Å². The second-order valence-corrected chi connectivity index (χ2v) is 9.12. The minimum absolute atomic E-state index is 0.367. The minimum Gasteiger partial charge on any atom is -0.478 e. The molecule has 2 N–H and O–H groups in total. The Balaban J connectivity index is 1.57. The molecule has 7 heteroatoms. The predicted octanol–water partition coefficient (Wildman–Crippen LogP) is 5.48. The topological polar surface area (TPSA) is 74.6 Å². The van der Waals surface area contributed by atoms with Crippen molar-refractivity contribution in [2.75, 3.05) is 23.0 Å². The van der Waals surface area contributed by atoms with Gasteiger partial charge >= 0.3 is 11.9 Å². The predicted molar refractivity (Wildman–Crippen MR) is 115 cm³/mol. The number of aromatic carboxylic acids is 2. The molecule has 2 aromatic carbocycles. The molecule has 0 fully saturated rings. The van der Waals surface area contributed by atoms with E-state index in [0.29, 0.717) is 11.1 Å². The molecule has 0 bridgehead atoms. The summed E-state index contributed by atoms with van der Waals surface area (Å²) in [6.45, 7) is 0. The summed E-state index contributed by atoms with van der Waals surface area (Å²) >= 11 is 5.05. The molecule has 0 spiro atoms. The summed E-state index contributed by atoms with van der Waals surface area (Å²) in [5.74, 6) is 2.07. The lowest BCUT2D eigenvalue weighted by molar-refractivity contribution is 0.0682. The molecule has 2 aromatic rings. The molecule has 0 saturated heterocycles. The molecule has 0 unspecified atom stereocenters. The number of thioether (sulfide) groups is 3. The summed E-state index contributed by atoms with van der Waals surface area (Å²) in [6.07, 6.45) is 2.13. The highest BCUT2D eigenvalue weighted by Crippen LogP contribution is 2.25. The molecule has 0 aliphatic carbocycles. The molecular weight excluding hydrogens is 400 g/mol. The van der Waals surface area contributed by atoms with Crippen molar-refractivity contribution in [2.24, 2.45) is 0 Å². The van der Waals surface area contributed by atoms with Crippen molar-refractivity contribution in [3.63, 3.8) is 0 Å². The van der Waals surface area contributed by atoms with Crippen molar-refractivity contribution in [1.82, 2.24) is 0 Å². The van der Waals surface area contributed by atoms with Crippen LogP contribution >= 0.6 is 35.3 Å². The van der Waals surface area contributed by atoms with E-state index in [2.05, 4.69) is 0 Å². The van der Waals surface area contributed by atoms with E-state index in [1.807, 2.05) is 36.0 Å². The smallest absolute Gasteiger partial charge is 0.336 e. The average Bonchev–Trinajstić information content (AvgIpc) is 2.67. The third-order valence-corrected chi connectivity index (χ3v) is 7.22. The van der Waals surface area contributed by atoms with E-state index in [1.54, 1.807) is 47.8 Å². The Hall–Kier alpha value is -1.57. The molecule has 0 aromatic heterocycles. The molecular formula is C20H22O4S3. The van der Waals surface area contributed by atoms with Gasteiger partial charge in [-0.05, 0) is 48.6 Å². The molecule has 0 aliphatic rings. The fourth-order valence-corrected chi connectivity index (χ4v) is 5.52. The van der Waals surface area contributed by atoms with Gasteiger partial charge in [-0.15, -0.1) is 23.5 Å². The van der Waals surface area contributed by atoms with E-state index in [0.717, 1.165) is 45.6 Å². The van der Waals surface area contributed by atoms with Crippen LogP contribution in [-0.2, 0) is 0 Å².